The molecule has 0 spiro atoms. The number of ether oxygens (including phenoxy) is 2. The summed E-state index contributed by atoms with van der Waals surface area (Å²) in [5.74, 6) is -0.0800. The predicted molar refractivity (Wildman–Crippen MR) is 174 cm³/mol. The average molecular weight is 668 g/mol. The molecule has 0 saturated carbocycles. The van der Waals surface area contributed by atoms with Gasteiger partial charge in [0.2, 0.25) is 0 Å². The zero-order chi connectivity index (χ0) is 32.0. The van der Waals surface area contributed by atoms with Gasteiger partial charge in [-0.3, -0.25) is 9.59 Å². The number of nitrogens with one attached hydrogen (secondary N) is 1. The number of amides is 2. The standard InChI is InChI=1S/C34H32Cl2N2O6S/c1-34(22-24-5-3-2-4-6-24)18-17-25-21-26(7-16-31(25)44-34)33(40)38(19-20-43-29-12-8-27(35)9-13-29)23-32(39)37-45(41,42)30-14-10-28(36)11-15-30/h2-16,21H,17-20,22-23H2,1H3,(H,37,39). The van der Waals surface area contributed by atoms with Gasteiger partial charge in [-0.25, -0.2) is 13.1 Å². The molecule has 5 rings (SSSR count). The number of aryl methyl sites for hydroxylation is 1. The van der Waals surface area contributed by atoms with E-state index in [2.05, 4.69) is 19.1 Å². The molecule has 1 aliphatic heterocycles. The lowest BCUT2D eigenvalue weighted by molar-refractivity contribution is -0.120. The van der Waals surface area contributed by atoms with Crippen molar-refractivity contribution in [3.8, 4) is 11.5 Å². The Kier molecular flexibility index (Phi) is 10.0. The summed E-state index contributed by atoms with van der Waals surface area (Å²) in [5, 5.41) is 0.906. The van der Waals surface area contributed by atoms with Crippen LogP contribution in [0, 0.1) is 0 Å². The van der Waals surface area contributed by atoms with Crippen molar-refractivity contribution in [1.29, 1.82) is 0 Å². The van der Waals surface area contributed by atoms with Crippen LogP contribution in [0.1, 0.15) is 34.8 Å². The van der Waals surface area contributed by atoms with Gasteiger partial charge in [0.1, 0.15) is 30.3 Å². The van der Waals surface area contributed by atoms with Crippen LogP contribution in [0.5, 0.6) is 11.5 Å². The van der Waals surface area contributed by atoms with Crippen LogP contribution in [0.15, 0.2) is 102 Å². The van der Waals surface area contributed by atoms with E-state index in [1.54, 1.807) is 42.5 Å². The van der Waals surface area contributed by atoms with Gasteiger partial charge in [0.05, 0.1) is 11.4 Å². The second-order valence-electron chi connectivity index (χ2n) is 11.0. The maximum absolute atomic E-state index is 13.8. The van der Waals surface area contributed by atoms with E-state index >= 15 is 0 Å². The fourth-order valence-corrected chi connectivity index (χ4v) is 6.37. The smallest absolute Gasteiger partial charge is 0.264 e. The second kappa shape index (κ2) is 13.9. The number of sulfonamides is 1. The molecule has 0 aliphatic carbocycles. The summed E-state index contributed by atoms with van der Waals surface area (Å²) in [6.07, 6.45) is 2.22. The monoisotopic (exact) mass is 666 g/mol. The number of hydrogen-bond acceptors (Lipinski definition) is 6. The van der Waals surface area contributed by atoms with Crippen molar-refractivity contribution >= 4 is 45.0 Å². The highest BCUT2D eigenvalue weighted by Crippen LogP contribution is 2.36. The summed E-state index contributed by atoms with van der Waals surface area (Å²) in [7, 11) is -4.18. The van der Waals surface area contributed by atoms with Gasteiger partial charge < -0.3 is 14.4 Å². The van der Waals surface area contributed by atoms with Crippen molar-refractivity contribution in [3.05, 3.63) is 124 Å². The lowest BCUT2D eigenvalue weighted by atomic mass is 9.87. The highest BCUT2D eigenvalue weighted by atomic mass is 35.5. The number of carbonyl (C=O) groups excluding carboxylic acids is 2. The molecule has 1 aliphatic rings. The minimum absolute atomic E-state index is 0.0125. The number of fused-ring (bicyclic) bond motifs is 1. The van der Waals surface area contributed by atoms with E-state index in [0.29, 0.717) is 33.5 Å². The number of nitrogens with zero attached hydrogens (tertiary/aromatic N) is 1. The van der Waals surface area contributed by atoms with Gasteiger partial charge in [-0.1, -0.05) is 53.5 Å². The zero-order valence-corrected chi connectivity index (χ0v) is 26.9. The third-order valence-electron chi connectivity index (χ3n) is 7.45. The highest BCUT2D eigenvalue weighted by molar-refractivity contribution is 7.90. The normalized spacial score (nSPS) is 15.8. The van der Waals surface area contributed by atoms with E-state index < -0.39 is 34.0 Å². The fourth-order valence-electron chi connectivity index (χ4n) is 5.14. The lowest BCUT2D eigenvalue weighted by Crippen LogP contribution is -2.44. The molecule has 1 atom stereocenters. The molecule has 1 N–H and O–H groups in total. The van der Waals surface area contributed by atoms with Crippen molar-refractivity contribution in [2.45, 2.75) is 36.7 Å². The molecular weight excluding hydrogens is 635 g/mol. The molecule has 2 amide bonds. The van der Waals surface area contributed by atoms with Crippen LogP contribution >= 0.6 is 23.2 Å². The number of benzene rings is 4. The van der Waals surface area contributed by atoms with Crippen molar-refractivity contribution in [3.63, 3.8) is 0 Å². The van der Waals surface area contributed by atoms with E-state index in [4.69, 9.17) is 32.7 Å². The first-order chi connectivity index (χ1) is 21.5. The fraction of sp³-hybridized carbons (Fsp3) is 0.235. The molecule has 0 bridgehead atoms. The summed E-state index contributed by atoms with van der Waals surface area (Å²) in [6, 6.07) is 27.5. The molecule has 0 radical (unpaired) electrons. The lowest BCUT2D eigenvalue weighted by Gasteiger charge is -2.36. The van der Waals surface area contributed by atoms with E-state index in [0.717, 1.165) is 18.4 Å². The largest absolute Gasteiger partial charge is 0.492 e. The Morgan fingerprint density at radius 3 is 2.29 bits per heavy atom. The number of rotatable bonds is 11. The highest BCUT2D eigenvalue weighted by Gasteiger charge is 2.32. The third-order valence-corrected chi connectivity index (χ3v) is 9.34. The van der Waals surface area contributed by atoms with Crippen LogP contribution in [-0.4, -0.2) is 50.4 Å². The Balaban J connectivity index is 1.31. The molecule has 11 heteroatoms. The van der Waals surface area contributed by atoms with Crippen molar-refractivity contribution in [2.75, 3.05) is 19.7 Å². The van der Waals surface area contributed by atoms with Crippen molar-refractivity contribution in [2.24, 2.45) is 0 Å². The molecule has 8 nitrogen and oxygen atoms in total. The zero-order valence-electron chi connectivity index (χ0n) is 24.5. The van der Waals surface area contributed by atoms with E-state index in [1.165, 1.54) is 34.7 Å². The Bertz CT molecular complexity index is 1770. The van der Waals surface area contributed by atoms with Gasteiger partial charge in [0.25, 0.3) is 21.8 Å². The quantitative estimate of drug-likeness (QED) is 0.200. The molecule has 4 aromatic carbocycles. The molecule has 45 heavy (non-hydrogen) atoms. The Morgan fingerprint density at radius 2 is 1.60 bits per heavy atom. The van der Waals surface area contributed by atoms with Gasteiger partial charge in [-0.2, -0.15) is 0 Å². The first-order valence-electron chi connectivity index (χ1n) is 14.3. The number of halogens is 2. The van der Waals surface area contributed by atoms with E-state index in [9.17, 15) is 18.0 Å². The predicted octanol–water partition coefficient (Wildman–Crippen LogP) is 6.35. The molecule has 1 heterocycles. The van der Waals surface area contributed by atoms with Crippen LogP contribution in [-0.2, 0) is 27.7 Å². The summed E-state index contributed by atoms with van der Waals surface area (Å²) in [6.45, 7) is 1.63. The summed E-state index contributed by atoms with van der Waals surface area (Å²) in [4.78, 5) is 27.9. The van der Waals surface area contributed by atoms with Gasteiger partial charge in [0.15, 0.2) is 0 Å². The van der Waals surface area contributed by atoms with Crippen molar-refractivity contribution in [1.82, 2.24) is 9.62 Å². The molecule has 234 valence electrons. The summed E-state index contributed by atoms with van der Waals surface area (Å²) >= 11 is 11.8. The number of hydrogen-bond donors (Lipinski definition) is 1. The minimum Gasteiger partial charge on any atom is -0.492 e. The number of carbonyl (C=O) groups is 2. The average Bonchev–Trinajstić information content (AvgIpc) is 3.01. The van der Waals surface area contributed by atoms with Gasteiger partial charge >= 0.3 is 0 Å². The Labute approximate surface area is 272 Å². The maximum Gasteiger partial charge on any atom is 0.264 e. The van der Waals surface area contributed by atoms with Gasteiger partial charge in [-0.05, 0) is 97.6 Å². The molecule has 0 saturated heterocycles. The molecule has 4 aromatic rings. The van der Waals surface area contributed by atoms with Crippen molar-refractivity contribution < 1.29 is 27.5 Å². The summed E-state index contributed by atoms with van der Waals surface area (Å²) in [5.41, 5.74) is 2.03. The van der Waals surface area contributed by atoms with Gasteiger partial charge in [-0.15, -0.1) is 0 Å². The SMILES string of the molecule is CC1(Cc2ccccc2)CCc2cc(C(=O)N(CCOc3ccc(Cl)cc3)CC(=O)NS(=O)(=O)c3ccc(Cl)cc3)ccc2O1. The van der Waals surface area contributed by atoms with Crippen LogP contribution in [0.4, 0.5) is 0 Å². The summed E-state index contributed by atoms with van der Waals surface area (Å²) < 4.78 is 39.8. The second-order valence-corrected chi connectivity index (χ2v) is 13.6. The van der Waals surface area contributed by atoms with E-state index in [-0.39, 0.29) is 18.0 Å². The topological polar surface area (TPSA) is 102 Å². The van der Waals surface area contributed by atoms with Gasteiger partial charge in [0, 0.05) is 22.0 Å². The first-order valence-corrected chi connectivity index (χ1v) is 16.6. The molecular formula is C34H32Cl2N2O6S. The molecule has 1 unspecified atom stereocenters. The van der Waals surface area contributed by atoms with E-state index in [1.807, 2.05) is 22.9 Å². The minimum atomic E-state index is -4.18. The Morgan fingerprint density at radius 1 is 0.933 bits per heavy atom. The molecule has 0 fully saturated rings. The van der Waals surface area contributed by atoms with Crippen LogP contribution in [0.2, 0.25) is 10.0 Å². The Hall–Kier alpha value is -4.05. The molecule has 0 aromatic heterocycles. The third kappa shape index (κ3) is 8.57. The van der Waals surface area contributed by atoms with Crippen LogP contribution < -0.4 is 14.2 Å². The first kappa shape index (κ1) is 32.3. The van der Waals surface area contributed by atoms with Crippen LogP contribution in [0.3, 0.4) is 0 Å². The maximum atomic E-state index is 13.8. The van der Waals surface area contributed by atoms with Crippen LogP contribution in [0.25, 0.3) is 0 Å².